The van der Waals surface area contributed by atoms with Crippen molar-refractivity contribution in [3.63, 3.8) is 0 Å². The summed E-state index contributed by atoms with van der Waals surface area (Å²) in [6.45, 7) is 1.89. The van der Waals surface area contributed by atoms with E-state index in [1.54, 1.807) is 28.0 Å². The van der Waals surface area contributed by atoms with Gasteiger partial charge < -0.3 is 15.7 Å². The van der Waals surface area contributed by atoms with Gasteiger partial charge in [0.1, 0.15) is 0 Å². The van der Waals surface area contributed by atoms with E-state index in [4.69, 9.17) is 10.8 Å². The molecule has 0 aliphatic carbocycles. The molecule has 2 aliphatic heterocycles. The molecule has 0 bridgehead atoms. The van der Waals surface area contributed by atoms with Gasteiger partial charge in [-0.15, -0.1) is 0 Å². The summed E-state index contributed by atoms with van der Waals surface area (Å²) < 4.78 is 0. The van der Waals surface area contributed by atoms with Crippen molar-refractivity contribution in [2.24, 2.45) is 5.73 Å². The first kappa shape index (κ1) is 13.9. The first-order valence-electron chi connectivity index (χ1n) is 7.24. The highest BCUT2D eigenvalue weighted by molar-refractivity contribution is 5.97. The van der Waals surface area contributed by atoms with Crippen LogP contribution in [0.1, 0.15) is 28.8 Å². The average Bonchev–Trinajstić information content (AvgIpc) is 2.89. The van der Waals surface area contributed by atoms with E-state index < -0.39 is 5.97 Å². The summed E-state index contributed by atoms with van der Waals surface area (Å²) in [6.07, 6.45) is 2.63. The van der Waals surface area contributed by atoms with Crippen molar-refractivity contribution in [2.45, 2.75) is 25.3 Å². The Labute approximate surface area is 123 Å². The SMILES string of the molecule is NC1CCCN(C(=O)N2CCc3ccc(C(=O)O)cc32)C1. The molecule has 0 spiro atoms. The fourth-order valence-electron chi connectivity index (χ4n) is 3.07. The number of carbonyl (C=O) groups excluding carboxylic acids is 1. The van der Waals surface area contributed by atoms with Gasteiger partial charge in [0.25, 0.3) is 0 Å². The van der Waals surface area contributed by atoms with Gasteiger partial charge in [-0.1, -0.05) is 6.07 Å². The van der Waals surface area contributed by atoms with E-state index in [1.165, 1.54) is 0 Å². The number of urea groups is 1. The summed E-state index contributed by atoms with van der Waals surface area (Å²) in [5, 5.41) is 9.09. The number of carboxylic acids is 1. The van der Waals surface area contributed by atoms with E-state index in [-0.39, 0.29) is 17.6 Å². The molecule has 0 radical (unpaired) electrons. The Morgan fingerprint density at radius 3 is 2.81 bits per heavy atom. The molecular weight excluding hydrogens is 270 g/mol. The minimum absolute atomic E-state index is 0.0372. The monoisotopic (exact) mass is 289 g/mol. The van der Waals surface area contributed by atoms with E-state index >= 15 is 0 Å². The number of hydrogen-bond donors (Lipinski definition) is 2. The van der Waals surface area contributed by atoms with Crippen LogP contribution in [0.4, 0.5) is 10.5 Å². The number of rotatable bonds is 1. The Kier molecular flexibility index (Phi) is 3.55. The smallest absolute Gasteiger partial charge is 0.335 e. The van der Waals surface area contributed by atoms with Crippen LogP contribution in [0.15, 0.2) is 18.2 Å². The van der Waals surface area contributed by atoms with Gasteiger partial charge in [0, 0.05) is 31.4 Å². The molecular formula is C15H19N3O3. The summed E-state index contributed by atoms with van der Waals surface area (Å²) in [5.41, 5.74) is 7.89. The summed E-state index contributed by atoms with van der Waals surface area (Å²) in [6, 6.07) is 4.95. The minimum atomic E-state index is -0.975. The van der Waals surface area contributed by atoms with Crippen LogP contribution >= 0.6 is 0 Å². The average molecular weight is 289 g/mol. The van der Waals surface area contributed by atoms with Crippen molar-refractivity contribution in [2.75, 3.05) is 24.5 Å². The fraction of sp³-hybridized carbons (Fsp3) is 0.467. The van der Waals surface area contributed by atoms with Crippen molar-refractivity contribution >= 4 is 17.7 Å². The number of carboxylic acid groups (broad SMARTS) is 1. The summed E-state index contributed by atoms with van der Waals surface area (Å²) >= 11 is 0. The first-order chi connectivity index (χ1) is 10.1. The van der Waals surface area contributed by atoms with Crippen LogP contribution in [0.25, 0.3) is 0 Å². The van der Waals surface area contributed by atoms with Gasteiger partial charge in [0.05, 0.1) is 5.56 Å². The van der Waals surface area contributed by atoms with Crippen molar-refractivity contribution in [3.8, 4) is 0 Å². The Balaban J connectivity index is 1.84. The zero-order valence-corrected chi connectivity index (χ0v) is 11.8. The van der Waals surface area contributed by atoms with Gasteiger partial charge in [0.2, 0.25) is 0 Å². The third-order valence-corrected chi connectivity index (χ3v) is 4.19. The molecule has 1 saturated heterocycles. The highest BCUT2D eigenvalue weighted by atomic mass is 16.4. The number of piperidine rings is 1. The van der Waals surface area contributed by atoms with Crippen LogP contribution in [0.2, 0.25) is 0 Å². The van der Waals surface area contributed by atoms with Gasteiger partial charge in [-0.3, -0.25) is 4.90 Å². The van der Waals surface area contributed by atoms with E-state index in [9.17, 15) is 9.59 Å². The van der Waals surface area contributed by atoms with Gasteiger partial charge >= 0.3 is 12.0 Å². The van der Waals surface area contributed by atoms with Crippen LogP contribution < -0.4 is 10.6 Å². The summed E-state index contributed by atoms with van der Waals surface area (Å²) in [5.74, 6) is -0.975. The lowest BCUT2D eigenvalue weighted by Crippen LogP contribution is -2.50. The predicted octanol–water partition coefficient (Wildman–Crippen LogP) is 1.29. The van der Waals surface area contributed by atoms with Gasteiger partial charge in [-0.25, -0.2) is 9.59 Å². The standard InChI is InChI=1S/C15H19N3O3/c16-12-2-1-6-17(9-12)15(21)18-7-5-10-3-4-11(14(19)20)8-13(10)18/h3-4,8,12H,1-2,5-7,9,16H2,(H,19,20). The fourth-order valence-corrected chi connectivity index (χ4v) is 3.07. The molecule has 2 heterocycles. The lowest BCUT2D eigenvalue weighted by Gasteiger charge is -2.34. The first-order valence-corrected chi connectivity index (χ1v) is 7.24. The van der Waals surface area contributed by atoms with Crippen molar-refractivity contribution in [1.82, 2.24) is 4.90 Å². The molecule has 6 nitrogen and oxygen atoms in total. The molecule has 1 unspecified atom stereocenters. The van der Waals surface area contributed by atoms with Crippen LogP contribution in [-0.2, 0) is 6.42 Å². The maximum Gasteiger partial charge on any atom is 0.335 e. The third-order valence-electron chi connectivity index (χ3n) is 4.19. The van der Waals surface area contributed by atoms with Crippen molar-refractivity contribution < 1.29 is 14.7 Å². The second-order valence-electron chi connectivity index (χ2n) is 5.68. The van der Waals surface area contributed by atoms with E-state index in [1.807, 2.05) is 0 Å². The van der Waals surface area contributed by atoms with E-state index in [0.717, 1.165) is 37.1 Å². The Morgan fingerprint density at radius 1 is 1.29 bits per heavy atom. The zero-order valence-electron chi connectivity index (χ0n) is 11.8. The van der Waals surface area contributed by atoms with Crippen LogP contribution in [0.3, 0.4) is 0 Å². The number of anilines is 1. The highest BCUT2D eigenvalue weighted by Crippen LogP contribution is 2.30. The molecule has 2 aliphatic rings. The van der Waals surface area contributed by atoms with Gasteiger partial charge in [0.15, 0.2) is 0 Å². The van der Waals surface area contributed by atoms with Crippen molar-refractivity contribution in [1.29, 1.82) is 0 Å². The number of amides is 2. The number of aromatic carboxylic acids is 1. The lowest BCUT2D eigenvalue weighted by molar-refractivity contribution is 0.0697. The van der Waals surface area contributed by atoms with Gasteiger partial charge in [-0.05, 0) is 37.0 Å². The predicted molar refractivity (Wildman–Crippen MR) is 78.6 cm³/mol. The minimum Gasteiger partial charge on any atom is -0.478 e. The zero-order chi connectivity index (χ0) is 15.0. The van der Waals surface area contributed by atoms with Crippen LogP contribution in [-0.4, -0.2) is 47.7 Å². The molecule has 1 aromatic rings. The Bertz CT molecular complexity index is 588. The number of hydrogen-bond acceptors (Lipinski definition) is 3. The molecule has 1 fully saturated rings. The number of fused-ring (bicyclic) bond motifs is 1. The molecule has 21 heavy (non-hydrogen) atoms. The Hall–Kier alpha value is -2.08. The molecule has 112 valence electrons. The van der Waals surface area contributed by atoms with Crippen LogP contribution in [0, 0.1) is 0 Å². The van der Waals surface area contributed by atoms with Gasteiger partial charge in [-0.2, -0.15) is 0 Å². The number of nitrogens with two attached hydrogens (primary N) is 1. The maximum atomic E-state index is 12.6. The molecule has 3 rings (SSSR count). The topological polar surface area (TPSA) is 86.9 Å². The third kappa shape index (κ3) is 2.58. The summed E-state index contributed by atoms with van der Waals surface area (Å²) in [7, 11) is 0. The lowest BCUT2D eigenvalue weighted by atomic mass is 10.1. The second kappa shape index (κ2) is 5.37. The van der Waals surface area contributed by atoms with E-state index in [2.05, 4.69) is 0 Å². The molecule has 1 atom stereocenters. The Morgan fingerprint density at radius 2 is 2.10 bits per heavy atom. The number of carbonyl (C=O) groups is 2. The number of likely N-dealkylation sites (tertiary alicyclic amines) is 1. The molecule has 1 aromatic carbocycles. The molecule has 3 N–H and O–H groups in total. The molecule has 2 amide bonds. The van der Waals surface area contributed by atoms with E-state index in [0.29, 0.717) is 13.1 Å². The normalized spacial score (nSPS) is 21.3. The second-order valence-corrected chi connectivity index (χ2v) is 5.68. The largest absolute Gasteiger partial charge is 0.478 e. The number of benzene rings is 1. The quantitative estimate of drug-likeness (QED) is 0.815. The molecule has 0 aromatic heterocycles. The molecule has 0 saturated carbocycles. The maximum absolute atomic E-state index is 12.6. The summed E-state index contributed by atoms with van der Waals surface area (Å²) in [4.78, 5) is 27.2. The number of nitrogens with zero attached hydrogens (tertiary/aromatic N) is 2. The van der Waals surface area contributed by atoms with Crippen LogP contribution in [0.5, 0.6) is 0 Å². The van der Waals surface area contributed by atoms with Crippen molar-refractivity contribution in [3.05, 3.63) is 29.3 Å². The molecule has 6 heteroatoms. The highest BCUT2D eigenvalue weighted by Gasteiger charge is 2.31.